The molecule has 11 heteroatoms. The van der Waals surface area contributed by atoms with Crippen molar-refractivity contribution in [2.75, 3.05) is 12.8 Å². The summed E-state index contributed by atoms with van der Waals surface area (Å²) in [6.45, 7) is 0.829. The zero-order chi connectivity index (χ0) is 16.7. The van der Waals surface area contributed by atoms with Crippen molar-refractivity contribution in [1.82, 2.24) is 9.55 Å². The maximum Gasteiger partial charge on any atom is 0.330 e. The van der Waals surface area contributed by atoms with E-state index in [0.717, 1.165) is 10.8 Å². The highest BCUT2D eigenvalue weighted by atomic mass is 31.2. The third-order valence-corrected chi connectivity index (χ3v) is 4.43. The first-order valence-corrected chi connectivity index (χ1v) is 8.22. The van der Waals surface area contributed by atoms with Gasteiger partial charge in [0, 0.05) is 18.2 Å². The van der Waals surface area contributed by atoms with E-state index in [4.69, 9.17) is 9.84 Å². The molecule has 1 saturated heterocycles. The van der Waals surface area contributed by atoms with Crippen LogP contribution in [-0.4, -0.2) is 54.5 Å². The zero-order valence-electron chi connectivity index (χ0n) is 11.7. The van der Waals surface area contributed by atoms with Gasteiger partial charge >= 0.3 is 13.3 Å². The van der Waals surface area contributed by atoms with E-state index < -0.39 is 49.5 Å². The van der Waals surface area contributed by atoms with E-state index in [1.54, 1.807) is 0 Å². The molecule has 22 heavy (non-hydrogen) atoms. The number of nitrogens with one attached hydrogen (secondary N) is 1. The Balaban J connectivity index is 2.61. The minimum atomic E-state index is -4.63. The highest BCUT2D eigenvalue weighted by Gasteiger charge is 2.51. The first-order valence-electron chi connectivity index (χ1n) is 6.42. The molecule has 0 bridgehead atoms. The minimum Gasteiger partial charge on any atom is -0.394 e. The number of aromatic amines is 1. The van der Waals surface area contributed by atoms with Crippen LogP contribution in [0.25, 0.3) is 0 Å². The van der Waals surface area contributed by atoms with Crippen LogP contribution in [0.1, 0.15) is 12.0 Å². The summed E-state index contributed by atoms with van der Waals surface area (Å²) < 4.78 is 17.7. The van der Waals surface area contributed by atoms with Crippen LogP contribution >= 0.6 is 7.60 Å². The van der Waals surface area contributed by atoms with E-state index in [-0.39, 0.29) is 12.0 Å². The summed E-state index contributed by atoms with van der Waals surface area (Å²) in [5, 5.41) is 19.0. The van der Waals surface area contributed by atoms with Gasteiger partial charge < -0.3 is 24.7 Å². The maximum atomic E-state index is 12.0. The Hall–Kier alpha value is -1.29. The van der Waals surface area contributed by atoms with Crippen LogP contribution in [0, 0.1) is 6.92 Å². The normalized spacial score (nSPS) is 29.0. The van der Waals surface area contributed by atoms with E-state index in [1.165, 1.54) is 6.92 Å². The second kappa shape index (κ2) is 5.73. The van der Waals surface area contributed by atoms with Gasteiger partial charge in [0.1, 0.15) is 6.10 Å². The van der Waals surface area contributed by atoms with Gasteiger partial charge in [-0.15, -0.1) is 0 Å². The molecular weight excluding hydrogens is 319 g/mol. The first-order chi connectivity index (χ1) is 10.1. The summed E-state index contributed by atoms with van der Waals surface area (Å²) in [5.41, 5.74) is -3.27. The van der Waals surface area contributed by atoms with Crippen LogP contribution in [0.4, 0.5) is 0 Å². The number of aromatic nitrogens is 2. The molecule has 0 aliphatic carbocycles. The SMILES string of the molecule is Cc1cn([C@@]2(CP(=O)(O)O)C[C@H](O)[C@@H](CO)O2)c(=O)[nH]c1=O. The molecule has 5 N–H and O–H groups in total. The Bertz CT molecular complexity index is 722. The zero-order valence-corrected chi connectivity index (χ0v) is 12.6. The van der Waals surface area contributed by atoms with Gasteiger partial charge in [-0.2, -0.15) is 0 Å². The molecule has 2 rings (SSSR count). The third-order valence-electron chi connectivity index (χ3n) is 3.52. The van der Waals surface area contributed by atoms with Crippen molar-refractivity contribution in [3.8, 4) is 0 Å². The van der Waals surface area contributed by atoms with Crippen molar-refractivity contribution < 1.29 is 29.3 Å². The molecule has 1 aromatic rings. The molecule has 0 spiro atoms. The second-order valence-corrected chi connectivity index (χ2v) is 6.97. The fourth-order valence-corrected chi connectivity index (χ4v) is 3.55. The summed E-state index contributed by atoms with van der Waals surface area (Å²) in [6.07, 6.45) is -2.38. The quantitative estimate of drug-likeness (QED) is 0.388. The van der Waals surface area contributed by atoms with Gasteiger partial charge in [-0.05, 0) is 6.92 Å². The van der Waals surface area contributed by atoms with Crippen LogP contribution in [0.2, 0.25) is 0 Å². The van der Waals surface area contributed by atoms with E-state index in [0.29, 0.717) is 0 Å². The molecule has 3 atom stereocenters. The Morgan fingerprint density at radius 1 is 1.50 bits per heavy atom. The van der Waals surface area contributed by atoms with Crippen molar-refractivity contribution in [3.63, 3.8) is 0 Å². The van der Waals surface area contributed by atoms with Crippen LogP contribution in [0.3, 0.4) is 0 Å². The molecule has 0 unspecified atom stereocenters. The summed E-state index contributed by atoms with van der Waals surface area (Å²) in [4.78, 5) is 44.0. The summed E-state index contributed by atoms with van der Waals surface area (Å²) in [7, 11) is -4.63. The average molecular weight is 336 g/mol. The van der Waals surface area contributed by atoms with Crippen molar-refractivity contribution >= 4 is 7.60 Å². The number of nitrogens with zero attached hydrogens (tertiary/aromatic N) is 1. The number of hydrogen-bond donors (Lipinski definition) is 5. The Labute approximate surface area is 124 Å². The maximum absolute atomic E-state index is 12.0. The lowest BCUT2D eigenvalue weighted by Gasteiger charge is -2.31. The fourth-order valence-electron chi connectivity index (χ4n) is 2.55. The topological polar surface area (TPSA) is 162 Å². The minimum absolute atomic E-state index is 0.134. The summed E-state index contributed by atoms with van der Waals surface area (Å²) in [6, 6.07) is 0. The second-order valence-electron chi connectivity index (χ2n) is 5.32. The van der Waals surface area contributed by atoms with Crippen LogP contribution in [0.15, 0.2) is 15.8 Å². The molecule has 0 saturated carbocycles. The first kappa shape index (κ1) is 17.1. The fraction of sp³-hybridized carbons (Fsp3) is 0.636. The van der Waals surface area contributed by atoms with Gasteiger partial charge in [-0.25, -0.2) is 4.79 Å². The van der Waals surface area contributed by atoms with Crippen LogP contribution in [0.5, 0.6) is 0 Å². The lowest BCUT2D eigenvalue weighted by Crippen LogP contribution is -2.47. The molecule has 124 valence electrons. The Morgan fingerprint density at radius 2 is 2.14 bits per heavy atom. The number of aliphatic hydroxyl groups excluding tert-OH is 2. The predicted molar refractivity (Wildman–Crippen MR) is 73.5 cm³/mol. The van der Waals surface area contributed by atoms with Gasteiger partial charge in [0.2, 0.25) is 0 Å². The van der Waals surface area contributed by atoms with E-state index >= 15 is 0 Å². The number of aryl methyl sites for hydroxylation is 1. The molecule has 1 aliphatic heterocycles. The predicted octanol–water partition coefficient (Wildman–Crippen LogP) is -2.18. The third kappa shape index (κ3) is 3.22. The number of hydrogen-bond acceptors (Lipinski definition) is 6. The number of H-pyrrole nitrogens is 1. The number of rotatable bonds is 4. The molecule has 2 heterocycles. The monoisotopic (exact) mass is 336 g/mol. The molecule has 10 nitrogen and oxygen atoms in total. The lowest BCUT2D eigenvalue weighted by molar-refractivity contribution is -0.107. The van der Waals surface area contributed by atoms with Gasteiger partial charge in [-0.1, -0.05) is 0 Å². The standard InChI is InChI=1S/C11H17N2O8P/c1-6-3-13(10(17)12-9(6)16)11(5-22(18,19)20)2-7(15)8(4-14)21-11/h3,7-8,14-15H,2,4-5H2,1H3,(H,12,16,17)(H2,18,19,20)/t7-,8+,11-/m0/s1. The highest BCUT2D eigenvalue weighted by Crippen LogP contribution is 2.46. The largest absolute Gasteiger partial charge is 0.394 e. The average Bonchev–Trinajstić information content (AvgIpc) is 2.68. The molecule has 0 amide bonds. The van der Waals surface area contributed by atoms with Gasteiger partial charge in [0.25, 0.3) is 5.56 Å². The van der Waals surface area contributed by atoms with Crippen molar-refractivity contribution in [1.29, 1.82) is 0 Å². The smallest absolute Gasteiger partial charge is 0.330 e. The van der Waals surface area contributed by atoms with Crippen LogP contribution < -0.4 is 11.2 Å². The molecule has 1 fully saturated rings. The Morgan fingerprint density at radius 3 is 2.64 bits per heavy atom. The van der Waals surface area contributed by atoms with Gasteiger partial charge in [0.05, 0.1) is 18.9 Å². The highest BCUT2D eigenvalue weighted by molar-refractivity contribution is 7.51. The van der Waals surface area contributed by atoms with Crippen molar-refractivity contribution in [3.05, 3.63) is 32.6 Å². The van der Waals surface area contributed by atoms with Gasteiger partial charge in [0.15, 0.2) is 5.72 Å². The molecular formula is C11H17N2O8P. The van der Waals surface area contributed by atoms with E-state index in [2.05, 4.69) is 0 Å². The van der Waals surface area contributed by atoms with Crippen molar-refractivity contribution in [2.24, 2.45) is 0 Å². The number of aliphatic hydroxyl groups is 2. The van der Waals surface area contributed by atoms with Crippen molar-refractivity contribution in [2.45, 2.75) is 31.3 Å². The van der Waals surface area contributed by atoms with E-state index in [1.807, 2.05) is 4.98 Å². The molecule has 0 aromatic carbocycles. The number of ether oxygens (including phenoxy) is 1. The lowest BCUT2D eigenvalue weighted by atomic mass is 10.1. The summed E-state index contributed by atoms with van der Waals surface area (Å²) >= 11 is 0. The molecule has 1 aromatic heterocycles. The summed E-state index contributed by atoms with van der Waals surface area (Å²) in [5.74, 6) is 0. The van der Waals surface area contributed by atoms with Crippen LogP contribution in [-0.2, 0) is 15.0 Å². The molecule has 1 aliphatic rings. The van der Waals surface area contributed by atoms with Gasteiger partial charge in [-0.3, -0.25) is 18.9 Å². The molecule has 0 radical (unpaired) electrons. The van der Waals surface area contributed by atoms with E-state index in [9.17, 15) is 29.0 Å². The Kier molecular flexibility index (Phi) is 4.44.